The molecule has 2 rings (SSSR count). The number of esters is 1. The van der Waals surface area contributed by atoms with Crippen LogP contribution in [0.15, 0.2) is 48.5 Å². The van der Waals surface area contributed by atoms with Crippen LogP contribution in [-0.4, -0.2) is 25.0 Å². The first kappa shape index (κ1) is 19.9. The number of benzene rings is 2. The van der Waals surface area contributed by atoms with E-state index in [2.05, 4.69) is 5.32 Å². The van der Waals surface area contributed by atoms with Crippen molar-refractivity contribution >= 4 is 41.2 Å². The fourth-order valence-corrected chi connectivity index (χ4v) is 2.41. The van der Waals surface area contributed by atoms with Crippen molar-refractivity contribution in [3.05, 3.63) is 75.5 Å². The monoisotopic (exact) mass is 395 g/mol. The molecule has 0 aliphatic rings. The summed E-state index contributed by atoms with van der Waals surface area (Å²) in [7, 11) is 0. The van der Waals surface area contributed by atoms with Crippen LogP contribution in [0.4, 0.5) is 4.39 Å². The van der Waals surface area contributed by atoms with Gasteiger partial charge in [-0.25, -0.2) is 9.18 Å². The van der Waals surface area contributed by atoms with Crippen LogP contribution in [0.2, 0.25) is 10.0 Å². The average molecular weight is 396 g/mol. The Morgan fingerprint density at radius 1 is 1.12 bits per heavy atom. The van der Waals surface area contributed by atoms with Crippen LogP contribution in [0.5, 0.6) is 0 Å². The molecule has 0 bridgehead atoms. The molecular weight excluding hydrogens is 380 g/mol. The van der Waals surface area contributed by atoms with E-state index < -0.39 is 18.5 Å². The lowest BCUT2D eigenvalue weighted by molar-refractivity contribution is -0.143. The van der Waals surface area contributed by atoms with Crippen molar-refractivity contribution in [2.24, 2.45) is 0 Å². The van der Waals surface area contributed by atoms with Crippen LogP contribution in [-0.2, 0) is 20.7 Å². The van der Waals surface area contributed by atoms with Crippen molar-refractivity contribution in [3.8, 4) is 0 Å². The summed E-state index contributed by atoms with van der Waals surface area (Å²) in [5, 5.41) is 3.33. The normalized spacial score (nSPS) is 10.7. The molecule has 0 heterocycles. The quantitative estimate of drug-likeness (QED) is 0.568. The first-order valence-corrected chi connectivity index (χ1v) is 8.51. The average Bonchev–Trinajstić information content (AvgIpc) is 2.63. The van der Waals surface area contributed by atoms with E-state index in [1.165, 1.54) is 24.3 Å². The van der Waals surface area contributed by atoms with Crippen LogP contribution in [0.25, 0.3) is 6.08 Å². The maximum absolute atomic E-state index is 12.8. The van der Waals surface area contributed by atoms with E-state index >= 15 is 0 Å². The van der Waals surface area contributed by atoms with Gasteiger partial charge in [-0.2, -0.15) is 0 Å². The fourth-order valence-electron chi connectivity index (χ4n) is 2.04. The van der Waals surface area contributed by atoms with Gasteiger partial charge in [-0.3, -0.25) is 4.79 Å². The summed E-state index contributed by atoms with van der Waals surface area (Å²) in [5.41, 5.74) is 1.46. The van der Waals surface area contributed by atoms with Crippen LogP contribution in [0, 0.1) is 5.82 Å². The second-order valence-corrected chi connectivity index (χ2v) is 6.10. The Balaban J connectivity index is 1.71. The van der Waals surface area contributed by atoms with Gasteiger partial charge in [0.15, 0.2) is 6.61 Å². The van der Waals surface area contributed by atoms with Gasteiger partial charge in [-0.1, -0.05) is 47.5 Å². The largest absolute Gasteiger partial charge is 0.452 e. The highest BCUT2D eigenvalue weighted by molar-refractivity contribution is 6.42. The van der Waals surface area contributed by atoms with E-state index in [9.17, 15) is 14.0 Å². The number of hydrogen-bond acceptors (Lipinski definition) is 3. The standard InChI is InChI=1S/C19H16Cl2FNO3/c20-16-3-1-2-14(19(16)21)6-9-18(25)26-12-17(24)23-11-10-13-4-7-15(22)8-5-13/h1-9H,10-12H2,(H,23,24)/b9-6+. The van der Waals surface area contributed by atoms with Crippen molar-refractivity contribution in [2.45, 2.75) is 6.42 Å². The molecule has 0 atom stereocenters. The molecule has 0 aliphatic carbocycles. The van der Waals surface area contributed by atoms with Gasteiger partial charge in [0.1, 0.15) is 5.82 Å². The highest BCUT2D eigenvalue weighted by Gasteiger charge is 2.06. The summed E-state index contributed by atoms with van der Waals surface area (Å²) >= 11 is 11.9. The van der Waals surface area contributed by atoms with E-state index in [0.717, 1.165) is 5.56 Å². The Labute approximate surface area is 160 Å². The molecule has 0 unspecified atom stereocenters. The van der Waals surface area contributed by atoms with E-state index in [1.54, 1.807) is 30.3 Å². The second-order valence-electron chi connectivity index (χ2n) is 5.31. The molecule has 0 saturated heterocycles. The molecule has 0 fully saturated rings. The third-order valence-corrected chi connectivity index (χ3v) is 4.21. The Morgan fingerprint density at radius 2 is 1.85 bits per heavy atom. The summed E-state index contributed by atoms with van der Waals surface area (Å²) in [4.78, 5) is 23.3. The zero-order valence-electron chi connectivity index (χ0n) is 13.7. The zero-order valence-corrected chi connectivity index (χ0v) is 15.2. The summed E-state index contributed by atoms with van der Waals surface area (Å²) in [6, 6.07) is 11.0. The molecule has 0 aliphatic heterocycles. The van der Waals surface area contributed by atoms with Gasteiger partial charge in [0.05, 0.1) is 10.0 Å². The highest BCUT2D eigenvalue weighted by Crippen LogP contribution is 2.26. The first-order chi connectivity index (χ1) is 12.5. The minimum Gasteiger partial charge on any atom is -0.452 e. The Hall–Kier alpha value is -2.37. The fraction of sp³-hybridized carbons (Fsp3) is 0.158. The first-order valence-electron chi connectivity index (χ1n) is 7.75. The molecule has 0 spiro atoms. The molecule has 0 aromatic heterocycles. The van der Waals surface area contributed by atoms with Gasteiger partial charge in [-0.15, -0.1) is 0 Å². The molecule has 4 nitrogen and oxygen atoms in total. The van der Waals surface area contributed by atoms with Crippen molar-refractivity contribution in [2.75, 3.05) is 13.2 Å². The van der Waals surface area contributed by atoms with E-state index in [-0.39, 0.29) is 5.82 Å². The topological polar surface area (TPSA) is 55.4 Å². The Morgan fingerprint density at radius 3 is 2.58 bits per heavy atom. The number of rotatable bonds is 7. The molecule has 26 heavy (non-hydrogen) atoms. The molecule has 136 valence electrons. The molecule has 2 aromatic rings. The molecule has 1 N–H and O–H groups in total. The van der Waals surface area contributed by atoms with Gasteiger partial charge in [0, 0.05) is 12.6 Å². The summed E-state index contributed by atoms with van der Waals surface area (Å²) in [6.07, 6.45) is 3.18. The molecule has 0 radical (unpaired) electrons. The van der Waals surface area contributed by atoms with Gasteiger partial charge in [0.25, 0.3) is 5.91 Å². The number of carbonyl (C=O) groups is 2. The van der Waals surface area contributed by atoms with Crippen molar-refractivity contribution in [1.82, 2.24) is 5.32 Å². The van der Waals surface area contributed by atoms with Crippen molar-refractivity contribution < 1.29 is 18.7 Å². The third-order valence-electron chi connectivity index (χ3n) is 3.38. The van der Waals surface area contributed by atoms with Crippen molar-refractivity contribution in [3.63, 3.8) is 0 Å². The second kappa shape index (κ2) is 9.94. The molecule has 2 aromatic carbocycles. The maximum Gasteiger partial charge on any atom is 0.331 e. The van der Waals surface area contributed by atoms with Gasteiger partial charge >= 0.3 is 5.97 Å². The number of hydrogen-bond donors (Lipinski definition) is 1. The zero-order chi connectivity index (χ0) is 18.9. The predicted octanol–water partition coefficient (Wildman–Crippen LogP) is 4.05. The van der Waals surface area contributed by atoms with Crippen LogP contribution in [0.3, 0.4) is 0 Å². The lowest BCUT2D eigenvalue weighted by atomic mass is 10.1. The molecule has 0 saturated carbocycles. The van der Waals surface area contributed by atoms with E-state index in [0.29, 0.717) is 28.6 Å². The summed E-state index contributed by atoms with van der Waals surface area (Å²) < 4.78 is 17.6. The number of nitrogens with one attached hydrogen (secondary N) is 1. The number of amides is 1. The summed E-state index contributed by atoms with van der Waals surface area (Å²) in [5.74, 6) is -1.40. The molecule has 7 heteroatoms. The van der Waals surface area contributed by atoms with Crippen molar-refractivity contribution in [1.29, 1.82) is 0 Å². The van der Waals surface area contributed by atoms with Gasteiger partial charge in [0.2, 0.25) is 0 Å². The van der Waals surface area contributed by atoms with Gasteiger partial charge in [-0.05, 0) is 41.8 Å². The Bertz CT molecular complexity index is 807. The number of ether oxygens (including phenoxy) is 1. The smallest absolute Gasteiger partial charge is 0.331 e. The lowest BCUT2D eigenvalue weighted by Gasteiger charge is -2.06. The molecule has 1 amide bonds. The van der Waals surface area contributed by atoms with Gasteiger partial charge < -0.3 is 10.1 Å². The predicted molar refractivity (Wildman–Crippen MR) is 99.6 cm³/mol. The van der Waals surface area contributed by atoms with Crippen LogP contribution >= 0.6 is 23.2 Å². The maximum atomic E-state index is 12.8. The SMILES string of the molecule is O=C(COC(=O)/C=C/c1cccc(Cl)c1Cl)NCCc1ccc(F)cc1. The van der Waals surface area contributed by atoms with E-state index in [1.807, 2.05) is 0 Å². The number of carbonyl (C=O) groups excluding carboxylic acids is 2. The van der Waals surface area contributed by atoms with Crippen LogP contribution < -0.4 is 5.32 Å². The molecular formula is C19H16Cl2FNO3. The Kier molecular flexibility index (Phi) is 7.63. The van der Waals surface area contributed by atoms with E-state index in [4.69, 9.17) is 27.9 Å². The number of halogens is 3. The minimum atomic E-state index is -0.672. The highest BCUT2D eigenvalue weighted by atomic mass is 35.5. The van der Waals surface area contributed by atoms with Crippen LogP contribution in [0.1, 0.15) is 11.1 Å². The minimum absolute atomic E-state index is 0.309. The lowest BCUT2D eigenvalue weighted by Crippen LogP contribution is -2.30. The summed E-state index contributed by atoms with van der Waals surface area (Å²) in [6.45, 7) is -0.0359. The third kappa shape index (κ3) is 6.50.